The first-order valence-corrected chi connectivity index (χ1v) is 4.54. The maximum absolute atomic E-state index is 12.5. The highest BCUT2D eigenvalue weighted by Crippen LogP contribution is 2.29. The van der Waals surface area contributed by atoms with Crippen molar-refractivity contribution < 1.29 is 13.2 Å². The van der Waals surface area contributed by atoms with Crippen LogP contribution in [0.2, 0.25) is 0 Å². The van der Waals surface area contributed by atoms with E-state index in [9.17, 15) is 13.2 Å². The molecule has 0 fully saturated rings. The second-order valence-corrected chi connectivity index (χ2v) is 3.03. The predicted octanol–water partition coefficient (Wildman–Crippen LogP) is 1.57. The molecule has 0 saturated carbocycles. The molecule has 0 unspecified atom stereocenters. The van der Waals surface area contributed by atoms with E-state index in [4.69, 9.17) is 0 Å². The number of hydrogen-bond donors (Lipinski definition) is 1. The molecule has 0 bridgehead atoms. The SMILES string of the molecule is CCNc1cc(C(F)(F)F)nc2ncnn12. The summed E-state index contributed by atoms with van der Waals surface area (Å²) in [7, 11) is 0. The molecule has 2 aromatic rings. The number of hydrogen-bond acceptors (Lipinski definition) is 4. The van der Waals surface area contributed by atoms with Crippen LogP contribution in [0.5, 0.6) is 0 Å². The fourth-order valence-electron chi connectivity index (χ4n) is 1.26. The molecule has 0 aliphatic carbocycles. The van der Waals surface area contributed by atoms with E-state index < -0.39 is 11.9 Å². The van der Waals surface area contributed by atoms with Crippen molar-refractivity contribution in [1.82, 2.24) is 19.6 Å². The maximum atomic E-state index is 12.5. The van der Waals surface area contributed by atoms with Crippen LogP contribution in [0.15, 0.2) is 12.4 Å². The van der Waals surface area contributed by atoms with Gasteiger partial charge in [-0.15, -0.1) is 0 Å². The highest BCUT2D eigenvalue weighted by Gasteiger charge is 2.33. The monoisotopic (exact) mass is 231 g/mol. The topological polar surface area (TPSA) is 55.1 Å². The van der Waals surface area contributed by atoms with Crippen LogP contribution in [0, 0.1) is 0 Å². The lowest BCUT2D eigenvalue weighted by Gasteiger charge is -2.09. The van der Waals surface area contributed by atoms with Gasteiger partial charge < -0.3 is 5.32 Å². The zero-order valence-corrected chi connectivity index (χ0v) is 8.28. The molecule has 0 saturated heterocycles. The average molecular weight is 231 g/mol. The smallest absolute Gasteiger partial charge is 0.370 e. The van der Waals surface area contributed by atoms with E-state index in [0.717, 1.165) is 12.4 Å². The fourth-order valence-corrected chi connectivity index (χ4v) is 1.26. The van der Waals surface area contributed by atoms with Crippen molar-refractivity contribution in [2.75, 3.05) is 11.9 Å². The van der Waals surface area contributed by atoms with Gasteiger partial charge in [-0.3, -0.25) is 0 Å². The van der Waals surface area contributed by atoms with E-state index in [1.165, 1.54) is 4.52 Å². The molecular weight excluding hydrogens is 223 g/mol. The highest BCUT2D eigenvalue weighted by molar-refractivity contribution is 5.45. The Kier molecular flexibility index (Phi) is 2.41. The zero-order chi connectivity index (χ0) is 11.8. The standard InChI is InChI=1S/C8H8F3N5/c1-2-12-6-3-5(8(9,10)11)15-7-13-4-14-16(6)7/h3-4,12H,2H2,1H3. The third-order valence-corrected chi connectivity index (χ3v) is 1.90. The molecule has 0 atom stereocenters. The van der Waals surface area contributed by atoms with Gasteiger partial charge in [0.15, 0.2) is 5.69 Å². The quantitative estimate of drug-likeness (QED) is 0.852. The van der Waals surface area contributed by atoms with E-state index in [1.807, 2.05) is 0 Å². The van der Waals surface area contributed by atoms with Gasteiger partial charge in [0.1, 0.15) is 12.1 Å². The van der Waals surface area contributed by atoms with Crippen molar-refractivity contribution in [2.24, 2.45) is 0 Å². The third kappa shape index (κ3) is 1.77. The average Bonchev–Trinajstić information content (AvgIpc) is 2.64. The molecule has 0 amide bonds. The van der Waals surface area contributed by atoms with Crippen LogP contribution in [0.3, 0.4) is 0 Å². The predicted molar refractivity (Wildman–Crippen MR) is 49.9 cm³/mol. The van der Waals surface area contributed by atoms with Crippen molar-refractivity contribution in [3.8, 4) is 0 Å². The van der Waals surface area contributed by atoms with Crippen LogP contribution < -0.4 is 5.32 Å². The van der Waals surface area contributed by atoms with Crippen LogP contribution in [-0.2, 0) is 6.18 Å². The molecule has 2 aromatic heterocycles. The number of alkyl halides is 3. The lowest BCUT2D eigenvalue weighted by molar-refractivity contribution is -0.141. The third-order valence-electron chi connectivity index (χ3n) is 1.90. The normalized spacial score (nSPS) is 12.0. The van der Waals surface area contributed by atoms with Crippen molar-refractivity contribution in [2.45, 2.75) is 13.1 Å². The molecule has 86 valence electrons. The number of anilines is 1. The molecule has 0 aliphatic heterocycles. The lowest BCUT2D eigenvalue weighted by atomic mass is 10.4. The molecule has 0 aliphatic rings. The van der Waals surface area contributed by atoms with Crippen LogP contribution in [-0.4, -0.2) is 26.1 Å². The van der Waals surface area contributed by atoms with E-state index >= 15 is 0 Å². The van der Waals surface area contributed by atoms with Crippen molar-refractivity contribution in [3.63, 3.8) is 0 Å². The summed E-state index contributed by atoms with van der Waals surface area (Å²) in [6, 6.07) is 0.908. The summed E-state index contributed by atoms with van der Waals surface area (Å²) in [4.78, 5) is 7.01. The molecular formula is C8H8F3N5. The van der Waals surface area contributed by atoms with Gasteiger partial charge in [-0.1, -0.05) is 0 Å². The Morgan fingerprint density at radius 3 is 2.81 bits per heavy atom. The summed E-state index contributed by atoms with van der Waals surface area (Å²) in [5.41, 5.74) is -0.982. The first-order valence-electron chi connectivity index (χ1n) is 4.54. The Balaban J connectivity index is 2.61. The number of aromatic nitrogens is 4. The number of fused-ring (bicyclic) bond motifs is 1. The highest BCUT2D eigenvalue weighted by atomic mass is 19.4. The lowest BCUT2D eigenvalue weighted by Crippen LogP contribution is -2.13. The first-order chi connectivity index (χ1) is 7.52. The van der Waals surface area contributed by atoms with Gasteiger partial charge >= 0.3 is 6.18 Å². The molecule has 0 spiro atoms. The van der Waals surface area contributed by atoms with Crippen LogP contribution in [0.4, 0.5) is 19.0 Å². The van der Waals surface area contributed by atoms with Gasteiger partial charge in [0.25, 0.3) is 5.78 Å². The maximum Gasteiger partial charge on any atom is 0.433 e. The second kappa shape index (κ2) is 3.62. The van der Waals surface area contributed by atoms with Crippen LogP contribution in [0.25, 0.3) is 5.78 Å². The minimum atomic E-state index is -4.49. The summed E-state index contributed by atoms with van der Waals surface area (Å²) in [5.74, 6) is 0.142. The van der Waals surface area contributed by atoms with Gasteiger partial charge in [0, 0.05) is 12.6 Å². The van der Waals surface area contributed by atoms with Gasteiger partial charge in [0.05, 0.1) is 0 Å². The fraction of sp³-hybridized carbons (Fsp3) is 0.375. The Bertz CT molecular complexity index is 504. The molecule has 8 heteroatoms. The molecule has 1 N–H and O–H groups in total. The summed E-state index contributed by atoms with van der Waals surface area (Å²) in [6.45, 7) is 2.26. The van der Waals surface area contributed by atoms with E-state index in [0.29, 0.717) is 6.54 Å². The molecule has 2 rings (SSSR count). The van der Waals surface area contributed by atoms with Crippen LogP contribution >= 0.6 is 0 Å². The number of nitrogens with one attached hydrogen (secondary N) is 1. The summed E-state index contributed by atoms with van der Waals surface area (Å²) >= 11 is 0. The molecule has 5 nitrogen and oxygen atoms in total. The minimum Gasteiger partial charge on any atom is -0.370 e. The molecule has 16 heavy (non-hydrogen) atoms. The summed E-state index contributed by atoms with van der Waals surface area (Å²) < 4.78 is 38.7. The van der Waals surface area contributed by atoms with Gasteiger partial charge in [-0.2, -0.15) is 27.8 Å². The Morgan fingerprint density at radius 1 is 1.44 bits per heavy atom. The Morgan fingerprint density at radius 2 is 2.19 bits per heavy atom. The van der Waals surface area contributed by atoms with Gasteiger partial charge in [-0.25, -0.2) is 4.98 Å². The largest absolute Gasteiger partial charge is 0.433 e. The van der Waals surface area contributed by atoms with Crippen LogP contribution in [0.1, 0.15) is 12.6 Å². The Labute approximate surface area is 88.3 Å². The van der Waals surface area contributed by atoms with Gasteiger partial charge in [-0.05, 0) is 6.92 Å². The number of halogens is 3. The van der Waals surface area contributed by atoms with Crippen molar-refractivity contribution in [1.29, 1.82) is 0 Å². The summed E-state index contributed by atoms with van der Waals surface area (Å²) in [5, 5.41) is 6.54. The second-order valence-electron chi connectivity index (χ2n) is 3.03. The molecule has 0 radical (unpaired) electrons. The van der Waals surface area contributed by atoms with E-state index in [2.05, 4.69) is 20.4 Å². The summed E-state index contributed by atoms with van der Waals surface area (Å²) in [6.07, 6.45) is -3.33. The number of rotatable bonds is 2. The van der Waals surface area contributed by atoms with E-state index in [1.54, 1.807) is 6.92 Å². The number of nitrogens with zero attached hydrogens (tertiary/aromatic N) is 4. The van der Waals surface area contributed by atoms with Crippen molar-refractivity contribution >= 4 is 11.6 Å². The van der Waals surface area contributed by atoms with Crippen molar-refractivity contribution in [3.05, 3.63) is 18.1 Å². The van der Waals surface area contributed by atoms with E-state index in [-0.39, 0.29) is 11.6 Å². The van der Waals surface area contributed by atoms with Gasteiger partial charge in [0.2, 0.25) is 0 Å². The molecule has 2 heterocycles. The molecule has 0 aromatic carbocycles. The zero-order valence-electron chi connectivity index (χ0n) is 8.28. The first kappa shape index (κ1) is 10.7. The minimum absolute atomic E-state index is 0.0780. The Hall–Kier alpha value is -1.86.